The van der Waals surface area contributed by atoms with Gasteiger partial charge in [-0.05, 0) is 29.9 Å². The number of halogens is 1. The average molecular weight is 345 g/mol. The van der Waals surface area contributed by atoms with E-state index in [1.807, 2.05) is 0 Å². The van der Waals surface area contributed by atoms with Gasteiger partial charge in [0, 0.05) is 32.7 Å². The minimum atomic E-state index is -0.320. The van der Waals surface area contributed by atoms with Crippen LogP contribution >= 0.6 is 11.6 Å². The van der Waals surface area contributed by atoms with Crippen molar-refractivity contribution < 1.29 is 0 Å². The third-order valence-corrected chi connectivity index (χ3v) is 5.59. The Labute approximate surface area is 146 Å². The summed E-state index contributed by atoms with van der Waals surface area (Å²) in [7, 11) is 0. The lowest BCUT2D eigenvalue weighted by Crippen LogP contribution is -2.47. The highest BCUT2D eigenvalue weighted by Gasteiger charge is 2.26. The van der Waals surface area contributed by atoms with Crippen molar-refractivity contribution in [2.24, 2.45) is 0 Å². The highest BCUT2D eigenvalue weighted by molar-refractivity contribution is 6.32. The number of aryl methyl sites for hydroxylation is 1. The number of hydrogen-bond acceptors (Lipinski definition) is 4. The van der Waals surface area contributed by atoms with E-state index < -0.39 is 0 Å². The first-order valence-electron chi connectivity index (χ1n) is 8.50. The fourth-order valence-corrected chi connectivity index (χ4v) is 4.12. The summed E-state index contributed by atoms with van der Waals surface area (Å²) < 4.78 is 0. The molecule has 24 heavy (non-hydrogen) atoms. The molecule has 1 atom stereocenters. The summed E-state index contributed by atoms with van der Waals surface area (Å²) in [5.41, 5.74) is 3.47. The molecule has 1 aliphatic heterocycles. The van der Waals surface area contributed by atoms with E-state index in [0.29, 0.717) is 5.92 Å². The number of anilines is 1. The maximum absolute atomic E-state index is 11.6. The Morgan fingerprint density at radius 1 is 1.21 bits per heavy atom. The predicted molar refractivity (Wildman–Crippen MR) is 96.0 cm³/mol. The summed E-state index contributed by atoms with van der Waals surface area (Å²) in [5, 5.41) is 6.48. The molecule has 0 unspecified atom stereocenters. The molecule has 126 valence electrons. The van der Waals surface area contributed by atoms with E-state index in [1.54, 1.807) is 6.20 Å². The number of piperazine rings is 1. The molecule has 1 aromatic carbocycles. The van der Waals surface area contributed by atoms with Gasteiger partial charge in [0.15, 0.2) is 0 Å². The fraction of sp³-hybridized carbons (Fsp3) is 0.444. The van der Waals surface area contributed by atoms with E-state index in [-0.39, 0.29) is 10.6 Å². The lowest BCUT2D eigenvalue weighted by molar-refractivity contribution is 0.241. The van der Waals surface area contributed by atoms with Crippen molar-refractivity contribution in [2.75, 3.05) is 37.6 Å². The molecule has 5 nitrogen and oxygen atoms in total. The Hall–Kier alpha value is -1.85. The van der Waals surface area contributed by atoms with Crippen molar-refractivity contribution in [3.8, 4) is 0 Å². The molecule has 2 aliphatic rings. The molecule has 2 aromatic rings. The quantitative estimate of drug-likeness (QED) is 0.928. The predicted octanol–water partition coefficient (Wildman–Crippen LogP) is 2.28. The van der Waals surface area contributed by atoms with Crippen LogP contribution < -0.4 is 10.5 Å². The van der Waals surface area contributed by atoms with Crippen LogP contribution in [-0.4, -0.2) is 47.8 Å². The average Bonchev–Trinajstić information content (AvgIpc) is 3.01. The van der Waals surface area contributed by atoms with Crippen molar-refractivity contribution in [2.45, 2.75) is 18.8 Å². The Morgan fingerprint density at radius 3 is 2.83 bits per heavy atom. The van der Waals surface area contributed by atoms with E-state index in [4.69, 9.17) is 11.6 Å². The lowest BCUT2D eigenvalue weighted by atomic mass is 10.0. The van der Waals surface area contributed by atoms with Crippen LogP contribution in [0, 0.1) is 0 Å². The van der Waals surface area contributed by atoms with Gasteiger partial charge in [-0.1, -0.05) is 35.9 Å². The summed E-state index contributed by atoms with van der Waals surface area (Å²) in [5.74, 6) is 0.651. The first-order valence-corrected chi connectivity index (χ1v) is 8.88. The minimum absolute atomic E-state index is 0.239. The number of rotatable bonds is 3. The number of H-pyrrole nitrogens is 1. The smallest absolute Gasteiger partial charge is 0.285 e. The van der Waals surface area contributed by atoms with Crippen LogP contribution in [0.25, 0.3) is 0 Å². The summed E-state index contributed by atoms with van der Waals surface area (Å²) in [4.78, 5) is 16.3. The Balaban J connectivity index is 1.39. The molecule has 2 heterocycles. The van der Waals surface area contributed by atoms with Crippen LogP contribution in [0.15, 0.2) is 35.3 Å². The molecule has 0 bridgehead atoms. The molecule has 1 fully saturated rings. The number of nitrogens with one attached hydrogen (secondary N) is 1. The number of aromatic nitrogens is 2. The van der Waals surface area contributed by atoms with Gasteiger partial charge < -0.3 is 4.90 Å². The molecular formula is C18H21ClN4O. The summed E-state index contributed by atoms with van der Waals surface area (Å²) in [6.45, 7) is 4.84. The van der Waals surface area contributed by atoms with Gasteiger partial charge in [-0.15, -0.1) is 0 Å². The molecule has 1 aliphatic carbocycles. The van der Waals surface area contributed by atoms with Gasteiger partial charge in [-0.25, -0.2) is 5.10 Å². The maximum atomic E-state index is 11.6. The van der Waals surface area contributed by atoms with Gasteiger partial charge in [-0.2, -0.15) is 5.10 Å². The molecule has 0 saturated carbocycles. The number of aromatic amines is 1. The molecular weight excluding hydrogens is 324 g/mol. The molecule has 0 amide bonds. The van der Waals surface area contributed by atoms with Gasteiger partial charge >= 0.3 is 0 Å². The largest absolute Gasteiger partial charge is 0.366 e. The van der Waals surface area contributed by atoms with Gasteiger partial charge in [0.1, 0.15) is 5.02 Å². The molecule has 0 spiro atoms. The van der Waals surface area contributed by atoms with E-state index in [0.717, 1.165) is 38.4 Å². The van der Waals surface area contributed by atoms with Crippen molar-refractivity contribution in [3.63, 3.8) is 0 Å². The normalized spacial score (nSPS) is 21.0. The highest BCUT2D eigenvalue weighted by Crippen LogP contribution is 2.33. The van der Waals surface area contributed by atoms with Crippen LogP contribution in [0.5, 0.6) is 0 Å². The van der Waals surface area contributed by atoms with Crippen LogP contribution in [0.4, 0.5) is 5.69 Å². The zero-order valence-electron chi connectivity index (χ0n) is 13.5. The zero-order valence-corrected chi connectivity index (χ0v) is 14.3. The van der Waals surface area contributed by atoms with Gasteiger partial charge in [-0.3, -0.25) is 9.69 Å². The molecule has 6 heteroatoms. The second-order valence-corrected chi connectivity index (χ2v) is 7.00. The summed E-state index contributed by atoms with van der Waals surface area (Å²) >= 11 is 6.12. The Bertz CT molecular complexity index is 783. The van der Waals surface area contributed by atoms with Crippen LogP contribution in [0.2, 0.25) is 5.02 Å². The highest BCUT2D eigenvalue weighted by atomic mass is 35.5. The van der Waals surface area contributed by atoms with Crippen molar-refractivity contribution >= 4 is 17.3 Å². The van der Waals surface area contributed by atoms with E-state index in [1.165, 1.54) is 24.0 Å². The first kappa shape index (κ1) is 15.7. The van der Waals surface area contributed by atoms with Crippen LogP contribution in [0.1, 0.15) is 23.5 Å². The molecule has 4 rings (SSSR count). The Kier molecular flexibility index (Phi) is 4.29. The van der Waals surface area contributed by atoms with Crippen molar-refractivity contribution in [1.82, 2.24) is 15.1 Å². The van der Waals surface area contributed by atoms with Gasteiger partial charge in [0.05, 0.1) is 11.9 Å². The third-order valence-electron chi connectivity index (χ3n) is 5.23. The topological polar surface area (TPSA) is 52.2 Å². The molecule has 0 radical (unpaired) electrons. The fourth-order valence-electron chi connectivity index (χ4n) is 3.91. The number of fused-ring (bicyclic) bond motifs is 1. The second kappa shape index (κ2) is 6.57. The second-order valence-electron chi connectivity index (χ2n) is 6.62. The zero-order chi connectivity index (χ0) is 16.5. The third kappa shape index (κ3) is 2.94. The van der Waals surface area contributed by atoms with Crippen LogP contribution in [-0.2, 0) is 6.42 Å². The minimum Gasteiger partial charge on any atom is -0.366 e. The number of benzene rings is 1. The first-order chi connectivity index (χ1) is 11.7. The summed E-state index contributed by atoms with van der Waals surface area (Å²) in [6, 6.07) is 8.83. The molecule has 1 N–H and O–H groups in total. The van der Waals surface area contributed by atoms with E-state index in [2.05, 4.69) is 44.3 Å². The van der Waals surface area contributed by atoms with Crippen molar-refractivity contribution in [1.29, 1.82) is 0 Å². The maximum Gasteiger partial charge on any atom is 0.285 e. The Morgan fingerprint density at radius 2 is 2.00 bits per heavy atom. The lowest BCUT2D eigenvalue weighted by Gasteiger charge is -2.37. The monoisotopic (exact) mass is 344 g/mol. The van der Waals surface area contributed by atoms with Gasteiger partial charge in [0.25, 0.3) is 5.56 Å². The SMILES string of the molecule is O=c1[nH]ncc(N2CCN(C[C@H]3CCc4ccccc43)CC2)c1Cl. The van der Waals surface area contributed by atoms with E-state index >= 15 is 0 Å². The number of nitrogens with zero attached hydrogens (tertiary/aromatic N) is 3. The molecule has 1 aromatic heterocycles. The number of hydrogen-bond donors (Lipinski definition) is 1. The van der Waals surface area contributed by atoms with Gasteiger partial charge in [0.2, 0.25) is 0 Å². The van der Waals surface area contributed by atoms with Crippen LogP contribution in [0.3, 0.4) is 0 Å². The van der Waals surface area contributed by atoms with Crippen molar-refractivity contribution in [3.05, 3.63) is 57.0 Å². The molecule has 1 saturated heterocycles. The standard InChI is InChI=1S/C18H21ClN4O/c19-17-16(11-20-21-18(17)24)23-9-7-22(8-10-23)12-14-6-5-13-3-1-2-4-15(13)14/h1-4,11,14H,5-10,12H2,(H,21,24)/t14-/m1/s1. The summed E-state index contributed by atoms with van der Waals surface area (Å²) in [6.07, 6.45) is 4.10. The van der Waals surface area contributed by atoms with E-state index in [9.17, 15) is 4.79 Å².